The van der Waals surface area contributed by atoms with E-state index in [0.717, 1.165) is 26.0 Å². The molecule has 0 saturated heterocycles. The average Bonchev–Trinajstić information content (AvgIpc) is 2.02. The fraction of sp³-hybridized carbons (Fsp3) is 1.00. The zero-order valence-electron chi connectivity index (χ0n) is 8.21. The minimum Gasteiger partial charge on any atom is -0.379 e. The summed E-state index contributed by atoms with van der Waals surface area (Å²) in [6.07, 6.45) is 2.40. The van der Waals surface area contributed by atoms with Crippen LogP contribution in [0, 0.1) is 0 Å². The van der Waals surface area contributed by atoms with Gasteiger partial charge in [0.2, 0.25) is 0 Å². The minimum atomic E-state index is 0.303. The molecule has 0 fully saturated rings. The number of unbranched alkanes of at least 4 members (excludes halogenated alkanes) is 1. The zero-order chi connectivity index (χ0) is 9.23. The zero-order valence-corrected chi connectivity index (χ0v) is 8.21. The van der Waals surface area contributed by atoms with Crippen molar-refractivity contribution in [3.8, 4) is 0 Å². The van der Waals surface area contributed by atoms with Crippen molar-refractivity contribution >= 4 is 0 Å². The van der Waals surface area contributed by atoms with Crippen molar-refractivity contribution < 1.29 is 9.47 Å². The molecule has 0 bridgehead atoms. The average molecular weight is 175 g/mol. The van der Waals surface area contributed by atoms with Crippen LogP contribution in [0.15, 0.2) is 0 Å². The molecular formula is C9H21NO2. The summed E-state index contributed by atoms with van der Waals surface area (Å²) >= 11 is 0. The summed E-state index contributed by atoms with van der Waals surface area (Å²) in [4.78, 5) is 0. The molecule has 0 radical (unpaired) electrons. The molecule has 0 atom stereocenters. The lowest BCUT2D eigenvalue weighted by atomic mass is 10.3. The van der Waals surface area contributed by atoms with Gasteiger partial charge in [0.1, 0.15) is 0 Å². The summed E-state index contributed by atoms with van der Waals surface area (Å²) in [6, 6.07) is 0. The van der Waals surface area contributed by atoms with Crippen LogP contribution in [0.5, 0.6) is 0 Å². The molecule has 0 aliphatic rings. The van der Waals surface area contributed by atoms with Gasteiger partial charge in [0, 0.05) is 6.61 Å². The van der Waals surface area contributed by atoms with E-state index in [2.05, 4.69) is 0 Å². The number of rotatable bonds is 8. The Bertz CT molecular complexity index is 86.6. The lowest BCUT2D eigenvalue weighted by molar-refractivity contribution is 0.0188. The Hall–Kier alpha value is -0.120. The van der Waals surface area contributed by atoms with E-state index in [-0.39, 0.29) is 0 Å². The van der Waals surface area contributed by atoms with Gasteiger partial charge < -0.3 is 15.2 Å². The van der Waals surface area contributed by atoms with Gasteiger partial charge in [0.25, 0.3) is 0 Å². The number of hydrogen-bond donors (Lipinski definition) is 1. The predicted molar refractivity (Wildman–Crippen MR) is 50.2 cm³/mol. The summed E-state index contributed by atoms with van der Waals surface area (Å²) < 4.78 is 10.6. The second kappa shape index (κ2) is 8.97. The lowest BCUT2D eigenvalue weighted by Gasteiger charge is -2.07. The van der Waals surface area contributed by atoms with Crippen LogP contribution in [-0.2, 0) is 9.47 Å². The van der Waals surface area contributed by atoms with Crippen LogP contribution in [0.4, 0.5) is 0 Å². The first kappa shape index (κ1) is 11.9. The number of ether oxygens (including phenoxy) is 2. The summed E-state index contributed by atoms with van der Waals surface area (Å²) in [7, 11) is 0. The smallest absolute Gasteiger partial charge is 0.0703 e. The summed E-state index contributed by atoms with van der Waals surface area (Å²) in [6.45, 7) is 7.00. The van der Waals surface area contributed by atoms with Crippen molar-refractivity contribution in [3.05, 3.63) is 0 Å². The molecule has 0 unspecified atom stereocenters. The van der Waals surface area contributed by atoms with E-state index in [0.29, 0.717) is 19.3 Å². The molecule has 0 aromatic heterocycles. The lowest BCUT2D eigenvalue weighted by Crippen LogP contribution is -2.10. The van der Waals surface area contributed by atoms with Gasteiger partial charge in [-0.15, -0.1) is 0 Å². The van der Waals surface area contributed by atoms with E-state index in [1.54, 1.807) is 0 Å². The van der Waals surface area contributed by atoms with Crippen LogP contribution < -0.4 is 5.73 Å². The van der Waals surface area contributed by atoms with E-state index >= 15 is 0 Å². The highest BCUT2D eigenvalue weighted by Crippen LogP contribution is 1.90. The fourth-order valence-corrected chi connectivity index (χ4v) is 0.793. The van der Waals surface area contributed by atoms with Gasteiger partial charge in [0.15, 0.2) is 0 Å². The Morgan fingerprint density at radius 3 is 2.42 bits per heavy atom. The Labute approximate surface area is 75.2 Å². The van der Waals surface area contributed by atoms with Crippen molar-refractivity contribution in [1.82, 2.24) is 0 Å². The van der Waals surface area contributed by atoms with Crippen molar-refractivity contribution in [3.63, 3.8) is 0 Å². The first-order valence-electron chi connectivity index (χ1n) is 4.66. The molecule has 0 amide bonds. The highest BCUT2D eigenvalue weighted by Gasteiger charge is 1.92. The molecule has 2 N–H and O–H groups in total. The highest BCUT2D eigenvalue weighted by atomic mass is 16.5. The first-order valence-corrected chi connectivity index (χ1v) is 4.66. The molecule has 0 aliphatic heterocycles. The van der Waals surface area contributed by atoms with Crippen molar-refractivity contribution in [2.24, 2.45) is 5.73 Å². The highest BCUT2D eigenvalue weighted by molar-refractivity contribution is 4.40. The maximum Gasteiger partial charge on any atom is 0.0703 e. The maximum atomic E-state index is 5.33. The van der Waals surface area contributed by atoms with Gasteiger partial charge in [-0.1, -0.05) is 0 Å². The van der Waals surface area contributed by atoms with Crippen molar-refractivity contribution in [2.75, 3.05) is 26.4 Å². The van der Waals surface area contributed by atoms with Gasteiger partial charge in [-0.2, -0.15) is 0 Å². The normalized spacial score (nSPS) is 11.0. The number of hydrogen-bond acceptors (Lipinski definition) is 3. The summed E-state index contributed by atoms with van der Waals surface area (Å²) in [5, 5.41) is 0. The molecule has 0 aromatic rings. The summed E-state index contributed by atoms with van der Waals surface area (Å²) in [5.74, 6) is 0. The van der Waals surface area contributed by atoms with E-state index in [1.165, 1.54) is 0 Å². The van der Waals surface area contributed by atoms with Gasteiger partial charge in [-0.25, -0.2) is 0 Å². The third-order valence-electron chi connectivity index (χ3n) is 1.42. The van der Waals surface area contributed by atoms with Gasteiger partial charge in [-0.05, 0) is 33.2 Å². The Morgan fingerprint density at radius 1 is 1.08 bits per heavy atom. The Kier molecular flexibility index (Phi) is 8.88. The maximum absolute atomic E-state index is 5.33. The molecule has 0 saturated carbocycles. The molecule has 74 valence electrons. The van der Waals surface area contributed by atoms with Crippen LogP contribution in [0.1, 0.15) is 26.7 Å². The molecule has 0 rings (SSSR count). The molecule has 0 aliphatic carbocycles. The molecule has 0 aromatic carbocycles. The summed E-state index contributed by atoms with van der Waals surface area (Å²) in [5.41, 5.74) is 5.33. The quantitative estimate of drug-likeness (QED) is 0.563. The Morgan fingerprint density at radius 2 is 1.83 bits per heavy atom. The molecule has 0 spiro atoms. The van der Waals surface area contributed by atoms with Crippen LogP contribution in [0.2, 0.25) is 0 Å². The van der Waals surface area contributed by atoms with Crippen LogP contribution in [-0.4, -0.2) is 32.5 Å². The van der Waals surface area contributed by atoms with E-state index in [4.69, 9.17) is 15.2 Å². The SMILES string of the molecule is CC(C)OCCOCCCCN. The van der Waals surface area contributed by atoms with Gasteiger partial charge in [0.05, 0.1) is 19.3 Å². The van der Waals surface area contributed by atoms with Crippen molar-refractivity contribution in [2.45, 2.75) is 32.8 Å². The van der Waals surface area contributed by atoms with Crippen molar-refractivity contribution in [1.29, 1.82) is 0 Å². The third-order valence-corrected chi connectivity index (χ3v) is 1.42. The molecule has 3 heteroatoms. The van der Waals surface area contributed by atoms with Gasteiger partial charge >= 0.3 is 0 Å². The topological polar surface area (TPSA) is 44.5 Å². The largest absolute Gasteiger partial charge is 0.379 e. The second-order valence-corrected chi connectivity index (χ2v) is 3.03. The van der Waals surface area contributed by atoms with E-state index in [9.17, 15) is 0 Å². The Balaban J connectivity index is 2.82. The predicted octanol–water partition coefficient (Wildman–Crippen LogP) is 1.17. The molecular weight excluding hydrogens is 154 g/mol. The second-order valence-electron chi connectivity index (χ2n) is 3.03. The molecule has 3 nitrogen and oxygen atoms in total. The third kappa shape index (κ3) is 9.88. The van der Waals surface area contributed by atoms with Gasteiger partial charge in [-0.3, -0.25) is 0 Å². The number of nitrogens with two attached hydrogens (primary N) is 1. The monoisotopic (exact) mass is 175 g/mol. The van der Waals surface area contributed by atoms with E-state index < -0.39 is 0 Å². The van der Waals surface area contributed by atoms with Crippen LogP contribution in [0.3, 0.4) is 0 Å². The first-order chi connectivity index (χ1) is 5.77. The minimum absolute atomic E-state index is 0.303. The molecule has 0 heterocycles. The van der Waals surface area contributed by atoms with Crippen LogP contribution >= 0.6 is 0 Å². The van der Waals surface area contributed by atoms with Crippen LogP contribution in [0.25, 0.3) is 0 Å². The fourth-order valence-electron chi connectivity index (χ4n) is 0.793. The van der Waals surface area contributed by atoms with E-state index in [1.807, 2.05) is 13.8 Å². The molecule has 12 heavy (non-hydrogen) atoms. The standard InChI is InChI=1S/C9H21NO2/c1-9(2)12-8-7-11-6-4-3-5-10/h9H,3-8,10H2,1-2H3.